The molecule has 0 aliphatic carbocycles. The molecule has 0 radical (unpaired) electrons. The van der Waals surface area contributed by atoms with E-state index < -0.39 is 20.8 Å². The Morgan fingerprint density at radius 1 is 0.433 bits per heavy atom. The fourth-order valence-electron chi connectivity index (χ4n) is 2.62. The molecule has 0 aliphatic heterocycles. The molecule has 0 saturated heterocycles. The van der Waals surface area contributed by atoms with Crippen molar-refractivity contribution in [2.75, 3.05) is 0 Å². The van der Waals surface area contributed by atoms with Gasteiger partial charge in [-0.3, -0.25) is 18.2 Å². The molecular weight excluding hydrogens is 454 g/mol. The summed E-state index contributed by atoms with van der Waals surface area (Å²) in [7, 11) is -9.33. The average molecular weight is 499 g/mol. The maximum atomic E-state index is 8.74. The van der Waals surface area contributed by atoms with E-state index in [1.807, 2.05) is 0 Å². The maximum absolute atomic E-state index is 8.74. The van der Waals surface area contributed by atoms with Crippen molar-refractivity contribution in [1.82, 2.24) is 0 Å². The fraction of sp³-hybridized carbons (Fsp3) is 1.00. The third-order valence-electron chi connectivity index (χ3n) is 3.96. The van der Waals surface area contributed by atoms with E-state index in [0.717, 1.165) is 0 Å². The summed E-state index contributed by atoms with van der Waals surface area (Å²) in [6.45, 7) is 4.59. The second-order valence-electron chi connectivity index (χ2n) is 6.85. The molecule has 0 atom stereocenters. The standard InChI is InChI=1S/C18H38.2Na.2H2O4S.2H/c1-3-5-7-9-11-13-15-17-18-16-14-12-10-8-6-4-2;;;2*1-5(2,3)4;;/h3-18H2,1-2H3;;;2*(H2,1,2,3,4);;/q;2*+1;;;2*-1. The van der Waals surface area contributed by atoms with Crippen LogP contribution >= 0.6 is 0 Å². The van der Waals surface area contributed by atoms with Crippen LogP contribution in [-0.4, -0.2) is 35.0 Å². The van der Waals surface area contributed by atoms with E-state index in [9.17, 15) is 0 Å². The van der Waals surface area contributed by atoms with Gasteiger partial charge in [-0.2, -0.15) is 16.8 Å². The van der Waals surface area contributed by atoms with E-state index in [1.165, 1.54) is 103 Å². The average Bonchev–Trinajstić information content (AvgIpc) is 2.52. The molecule has 178 valence electrons. The molecule has 0 unspecified atom stereocenters. The van der Waals surface area contributed by atoms with Crippen LogP contribution in [0.25, 0.3) is 0 Å². The predicted octanol–water partition coefficient (Wildman–Crippen LogP) is 0.195. The summed E-state index contributed by atoms with van der Waals surface area (Å²) < 4.78 is 63.2. The van der Waals surface area contributed by atoms with Crippen LogP contribution in [0, 0.1) is 0 Å². The normalized spacial score (nSPS) is 10.5. The zero-order valence-electron chi connectivity index (χ0n) is 21.6. The van der Waals surface area contributed by atoms with Crippen molar-refractivity contribution in [3.05, 3.63) is 0 Å². The number of hydrogen-bond donors (Lipinski definition) is 4. The quantitative estimate of drug-likeness (QED) is 0.142. The van der Waals surface area contributed by atoms with Gasteiger partial charge in [0.25, 0.3) is 0 Å². The molecule has 0 rings (SSSR count). The van der Waals surface area contributed by atoms with E-state index in [-0.39, 0.29) is 62.0 Å². The summed E-state index contributed by atoms with van der Waals surface area (Å²) in [5, 5.41) is 0. The molecule has 0 aromatic carbocycles. The first-order chi connectivity index (χ1) is 12.9. The Labute approximate surface area is 232 Å². The van der Waals surface area contributed by atoms with Gasteiger partial charge in [-0.1, -0.05) is 117 Å². The minimum absolute atomic E-state index is 0. The van der Waals surface area contributed by atoms with Crippen LogP contribution in [0.15, 0.2) is 0 Å². The summed E-state index contributed by atoms with van der Waals surface area (Å²) >= 11 is 0. The summed E-state index contributed by atoms with van der Waals surface area (Å²) in [6, 6.07) is 0. The Morgan fingerprint density at radius 3 is 0.633 bits per heavy atom. The summed E-state index contributed by atoms with van der Waals surface area (Å²) in [6.07, 6.45) is 23.4. The van der Waals surface area contributed by atoms with Crippen molar-refractivity contribution in [1.29, 1.82) is 0 Å². The van der Waals surface area contributed by atoms with E-state index >= 15 is 0 Å². The van der Waals surface area contributed by atoms with E-state index in [1.54, 1.807) is 0 Å². The smallest absolute Gasteiger partial charge is 1.00 e. The molecule has 8 nitrogen and oxygen atoms in total. The summed E-state index contributed by atoms with van der Waals surface area (Å²) in [5.41, 5.74) is 0. The molecule has 0 aliphatic rings. The van der Waals surface area contributed by atoms with Crippen LogP contribution in [-0.2, 0) is 20.8 Å². The first-order valence-corrected chi connectivity index (χ1v) is 13.1. The van der Waals surface area contributed by atoms with Crippen molar-refractivity contribution < 1.29 is 97.0 Å². The van der Waals surface area contributed by atoms with Crippen molar-refractivity contribution >= 4 is 20.8 Å². The summed E-state index contributed by atoms with van der Waals surface area (Å²) in [4.78, 5) is 0. The van der Waals surface area contributed by atoms with E-state index in [4.69, 9.17) is 35.0 Å². The minimum Gasteiger partial charge on any atom is -1.00 e. The first kappa shape index (κ1) is 41.9. The van der Waals surface area contributed by atoms with Gasteiger partial charge in [-0.15, -0.1) is 0 Å². The van der Waals surface area contributed by atoms with Crippen molar-refractivity contribution in [2.45, 2.75) is 117 Å². The van der Waals surface area contributed by atoms with Gasteiger partial charge in [0.05, 0.1) is 0 Å². The van der Waals surface area contributed by atoms with E-state index in [0.29, 0.717) is 0 Å². The SMILES string of the molecule is CCCCCCCCCCCCCCCCCC.O=S(=O)(O)O.O=S(=O)(O)O.[H-].[H-].[Na+].[Na+]. The number of rotatable bonds is 15. The second kappa shape index (κ2) is 30.7. The topological polar surface area (TPSA) is 149 Å². The zero-order valence-corrected chi connectivity index (χ0v) is 25.2. The largest absolute Gasteiger partial charge is 1.00 e. The molecule has 0 aromatic heterocycles. The van der Waals surface area contributed by atoms with Gasteiger partial charge in [0.2, 0.25) is 0 Å². The Kier molecular flexibility index (Phi) is 43.0. The van der Waals surface area contributed by atoms with Crippen molar-refractivity contribution in [2.24, 2.45) is 0 Å². The van der Waals surface area contributed by atoms with Gasteiger partial charge in [-0.05, 0) is 0 Å². The second-order valence-corrected chi connectivity index (χ2v) is 8.64. The molecule has 12 heteroatoms. The van der Waals surface area contributed by atoms with Crippen LogP contribution in [0.4, 0.5) is 0 Å². The Morgan fingerprint density at radius 2 is 0.533 bits per heavy atom. The molecule has 0 fully saturated rings. The summed E-state index contributed by atoms with van der Waals surface area (Å²) in [5.74, 6) is 0. The zero-order chi connectivity index (χ0) is 22.3. The van der Waals surface area contributed by atoms with Crippen LogP contribution in [0.5, 0.6) is 0 Å². The first-order valence-electron chi connectivity index (χ1n) is 10.3. The minimum atomic E-state index is -4.67. The molecule has 0 heterocycles. The van der Waals surface area contributed by atoms with Gasteiger partial charge in [0.1, 0.15) is 0 Å². The Hall–Kier alpha value is 1.74. The van der Waals surface area contributed by atoms with Crippen LogP contribution in [0.3, 0.4) is 0 Å². The van der Waals surface area contributed by atoms with Crippen LogP contribution in [0.2, 0.25) is 0 Å². The Balaban J connectivity index is -0.0000000755. The van der Waals surface area contributed by atoms with Crippen LogP contribution < -0.4 is 59.1 Å². The molecule has 0 bridgehead atoms. The molecule has 4 N–H and O–H groups in total. The maximum Gasteiger partial charge on any atom is 1.00 e. The van der Waals surface area contributed by atoms with Gasteiger partial charge in [0, 0.05) is 0 Å². The monoisotopic (exact) mass is 498 g/mol. The van der Waals surface area contributed by atoms with Crippen LogP contribution in [0.1, 0.15) is 119 Å². The van der Waals surface area contributed by atoms with Gasteiger partial charge in [-0.25, -0.2) is 0 Å². The van der Waals surface area contributed by atoms with Crippen molar-refractivity contribution in [3.8, 4) is 0 Å². The van der Waals surface area contributed by atoms with Crippen molar-refractivity contribution in [3.63, 3.8) is 0 Å². The molecule has 0 saturated carbocycles. The molecule has 0 spiro atoms. The molecular formula is C18H44Na2O8S2. The van der Waals surface area contributed by atoms with Gasteiger partial charge in [0.15, 0.2) is 0 Å². The molecule has 30 heavy (non-hydrogen) atoms. The predicted molar refractivity (Wildman–Crippen MR) is 116 cm³/mol. The van der Waals surface area contributed by atoms with Gasteiger partial charge >= 0.3 is 79.9 Å². The third kappa shape index (κ3) is 87.7. The van der Waals surface area contributed by atoms with Gasteiger partial charge < -0.3 is 2.85 Å². The molecule has 0 amide bonds. The molecule has 0 aromatic rings. The van der Waals surface area contributed by atoms with E-state index in [2.05, 4.69) is 13.8 Å². The number of hydrogen-bond acceptors (Lipinski definition) is 4. The Bertz CT molecular complexity index is 449. The number of unbranched alkanes of at least 4 members (excludes halogenated alkanes) is 15. The third-order valence-corrected chi connectivity index (χ3v) is 3.96. The fourth-order valence-corrected chi connectivity index (χ4v) is 2.62.